The van der Waals surface area contributed by atoms with Crippen molar-refractivity contribution in [2.45, 2.75) is 26.4 Å². The topological polar surface area (TPSA) is 50.4 Å². The van der Waals surface area contributed by atoms with Gasteiger partial charge in [-0.15, -0.1) is 0 Å². The van der Waals surface area contributed by atoms with Gasteiger partial charge in [0, 0.05) is 18.1 Å². The second kappa shape index (κ2) is 4.68. The summed E-state index contributed by atoms with van der Waals surface area (Å²) in [5, 5.41) is 5.53. The van der Waals surface area contributed by atoms with E-state index in [4.69, 9.17) is 4.74 Å². The highest BCUT2D eigenvalue weighted by Gasteiger charge is 2.16. The predicted octanol–water partition coefficient (Wildman–Crippen LogP) is 2.03. The number of amides is 1. The van der Waals surface area contributed by atoms with E-state index in [0.29, 0.717) is 5.70 Å². The molecule has 0 saturated carbocycles. The Balaban J connectivity index is 2.51. The van der Waals surface area contributed by atoms with Gasteiger partial charge in [-0.1, -0.05) is 0 Å². The summed E-state index contributed by atoms with van der Waals surface area (Å²) in [4.78, 5) is 11.4. The molecule has 82 valence electrons. The molecule has 1 aliphatic rings. The van der Waals surface area contributed by atoms with E-state index in [1.54, 1.807) is 30.6 Å². The maximum absolute atomic E-state index is 11.4. The van der Waals surface area contributed by atoms with Crippen LogP contribution in [0.5, 0.6) is 0 Å². The highest BCUT2D eigenvalue weighted by molar-refractivity contribution is 5.70. The molecule has 15 heavy (non-hydrogen) atoms. The van der Waals surface area contributed by atoms with E-state index < -0.39 is 11.7 Å². The molecule has 1 rings (SSSR count). The Morgan fingerprint density at radius 1 is 1.40 bits per heavy atom. The maximum atomic E-state index is 11.4. The minimum atomic E-state index is -0.479. The lowest BCUT2D eigenvalue weighted by Gasteiger charge is -2.19. The highest BCUT2D eigenvalue weighted by atomic mass is 16.6. The van der Waals surface area contributed by atoms with Crippen LogP contribution in [0.25, 0.3) is 0 Å². The third kappa shape index (κ3) is 4.90. The molecule has 1 amide bonds. The minimum Gasteiger partial charge on any atom is -0.444 e. The van der Waals surface area contributed by atoms with Gasteiger partial charge in [-0.3, -0.25) is 5.32 Å². The van der Waals surface area contributed by atoms with Crippen LogP contribution in [0, 0.1) is 0 Å². The molecule has 0 unspecified atom stereocenters. The maximum Gasteiger partial charge on any atom is 0.412 e. The van der Waals surface area contributed by atoms with Gasteiger partial charge in [-0.2, -0.15) is 0 Å². The smallest absolute Gasteiger partial charge is 0.412 e. The van der Waals surface area contributed by atoms with E-state index in [-0.39, 0.29) is 0 Å². The van der Waals surface area contributed by atoms with Gasteiger partial charge in [0.1, 0.15) is 5.60 Å². The number of carbonyl (C=O) groups excluding carboxylic acids is 1. The number of hydrogen-bond acceptors (Lipinski definition) is 3. The summed E-state index contributed by atoms with van der Waals surface area (Å²) in [5.41, 5.74) is 0.207. The fourth-order valence-electron chi connectivity index (χ4n) is 0.961. The molecule has 0 atom stereocenters. The molecule has 4 heteroatoms. The van der Waals surface area contributed by atoms with Crippen molar-refractivity contribution >= 4 is 6.09 Å². The standard InChI is InChI=1S/C11H16N2O2/c1-11(2,3)15-10(14)13-9-5-4-7-12-8-6-9/h4-8,12H,1-3H3,(H,13,14). The molecule has 0 saturated heterocycles. The van der Waals surface area contributed by atoms with Crippen molar-refractivity contribution in [2.24, 2.45) is 0 Å². The van der Waals surface area contributed by atoms with E-state index in [1.807, 2.05) is 20.8 Å². The van der Waals surface area contributed by atoms with Crippen LogP contribution in [0.2, 0.25) is 0 Å². The van der Waals surface area contributed by atoms with E-state index in [0.717, 1.165) is 0 Å². The molecule has 0 spiro atoms. The molecule has 1 heterocycles. The molecule has 2 N–H and O–H groups in total. The van der Waals surface area contributed by atoms with Crippen molar-refractivity contribution in [3.63, 3.8) is 0 Å². The van der Waals surface area contributed by atoms with Crippen LogP contribution >= 0.6 is 0 Å². The summed E-state index contributed by atoms with van der Waals surface area (Å²) in [6, 6.07) is 0. The Bertz CT molecular complexity index is 322. The average Bonchev–Trinajstić information content (AvgIpc) is 2.28. The zero-order chi connectivity index (χ0) is 11.3. The number of alkyl carbamates (subject to hydrolysis) is 1. The molecule has 0 fully saturated rings. The summed E-state index contributed by atoms with van der Waals surface area (Å²) in [6.45, 7) is 5.47. The molecular formula is C11H16N2O2. The largest absolute Gasteiger partial charge is 0.444 e. The van der Waals surface area contributed by atoms with Gasteiger partial charge < -0.3 is 10.1 Å². The van der Waals surface area contributed by atoms with Gasteiger partial charge in [-0.05, 0) is 39.0 Å². The predicted molar refractivity (Wildman–Crippen MR) is 58.9 cm³/mol. The van der Waals surface area contributed by atoms with Crippen molar-refractivity contribution in [1.82, 2.24) is 10.6 Å². The van der Waals surface area contributed by atoms with E-state index >= 15 is 0 Å². The lowest BCUT2D eigenvalue weighted by molar-refractivity contribution is 0.0548. The highest BCUT2D eigenvalue weighted by Crippen LogP contribution is 2.07. The fourth-order valence-corrected chi connectivity index (χ4v) is 0.961. The Morgan fingerprint density at radius 3 is 2.80 bits per heavy atom. The van der Waals surface area contributed by atoms with Gasteiger partial charge in [0.15, 0.2) is 0 Å². The third-order valence-electron chi connectivity index (χ3n) is 1.47. The first-order valence-corrected chi connectivity index (χ1v) is 4.77. The monoisotopic (exact) mass is 208 g/mol. The molecule has 0 aliphatic carbocycles. The van der Waals surface area contributed by atoms with Crippen LogP contribution < -0.4 is 10.6 Å². The fraction of sp³-hybridized carbons (Fsp3) is 0.364. The summed E-state index contributed by atoms with van der Waals surface area (Å²) < 4.78 is 5.11. The Morgan fingerprint density at radius 2 is 2.13 bits per heavy atom. The van der Waals surface area contributed by atoms with Crippen LogP contribution in [0.3, 0.4) is 0 Å². The summed E-state index contributed by atoms with van der Waals surface area (Å²) >= 11 is 0. The van der Waals surface area contributed by atoms with Crippen molar-refractivity contribution < 1.29 is 9.53 Å². The van der Waals surface area contributed by atoms with Crippen molar-refractivity contribution in [2.75, 3.05) is 0 Å². The first-order chi connectivity index (χ1) is 6.97. The number of allylic oxidation sites excluding steroid dienone is 3. The van der Waals surface area contributed by atoms with Gasteiger partial charge in [0.05, 0.1) is 0 Å². The molecule has 0 aromatic rings. The zero-order valence-corrected chi connectivity index (χ0v) is 9.20. The van der Waals surface area contributed by atoms with E-state index in [9.17, 15) is 4.79 Å². The van der Waals surface area contributed by atoms with Crippen LogP contribution in [0.4, 0.5) is 4.79 Å². The Labute approximate surface area is 89.7 Å². The molecule has 4 nitrogen and oxygen atoms in total. The molecule has 0 bridgehead atoms. The molecule has 0 aromatic carbocycles. The summed E-state index contributed by atoms with van der Waals surface area (Å²) in [5.74, 6) is 0. The molecular weight excluding hydrogens is 192 g/mol. The molecule has 0 radical (unpaired) electrons. The van der Waals surface area contributed by atoms with Gasteiger partial charge in [0.25, 0.3) is 0 Å². The number of carbonyl (C=O) groups is 1. The lowest BCUT2D eigenvalue weighted by Crippen LogP contribution is -2.31. The van der Waals surface area contributed by atoms with E-state index in [1.165, 1.54) is 0 Å². The second-order valence-corrected chi connectivity index (χ2v) is 4.11. The average molecular weight is 208 g/mol. The summed E-state index contributed by atoms with van der Waals surface area (Å²) in [7, 11) is 0. The number of ether oxygens (including phenoxy) is 1. The van der Waals surface area contributed by atoms with Crippen molar-refractivity contribution in [1.29, 1.82) is 0 Å². The van der Waals surface area contributed by atoms with Crippen molar-refractivity contribution in [3.05, 3.63) is 36.3 Å². The van der Waals surface area contributed by atoms with Gasteiger partial charge in [-0.25, -0.2) is 4.79 Å². The SMILES string of the molecule is CC(C)(C)OC(=O)NC1=CC=CNC=C1. The van der Waals surface area contributed by atoms with Crippen LogP contribution in [-0.4, -0.2) is 11.7 Å². The van der Waals surface area contributed by atoms with Crippen LogP contribution in [-0.2, 0) is 4.74 Å². The second-order valence-electron chi connectivity index (χ2n) is 4.11. The first-order valence-electron chi connectivity index (χ1n) is 4.77. The quantitative estimate of drug-likeness (QED) is 0.693. The number of hydrogen-bond donors (Lipinski definition) is 2. The van der Waals surface area contributed by atoms with Crippen molar-refractivity contribution in [3.8, 4) is 0 Å². The first kappa shape index (κ1) is 11.4. The number of nitrogens with one attached hydrogen (secondary N) is 2. The number of rotatable bonds is 1. The Hall–Kier alpha value is -1.71. The molecule has 1 aliphatic heterocycles. The van der Waals surface area contributed by atoms with E-state index in [2.05, 4.69) is 10.6 Å². The van der Waals surface area contributed by atoms with Crippen LogP contribution in [0.15, 0.2) is 36.3 Å². The van der Waals surface area contributed by atoms with Crippen LogP contribution in [0.1, 0.15) is 20.8 Å². The van der Waals surface area contributed by atoms with Gasteiger partial charge in [0.2, 0.25) is 0 Å². The normalized spacial score (nSPS) is 15.0. The third-order valence-corrected chi connectivity index (χ3v) is 1.47. The zero-order valence-electron chi connectivity index (χ0n) is 9.20. The lowest BCUT2D eigenvalue weighted by atomic mass is 10.2. The van der Waals surface area contributed by atoms with Gasteiger partial charge >= 0.3 is 6.09 Å². The Kier molecular flexibility index (Phi) is 3.55. The molecule has 0 aromatic heterocycles. The summed E-state index contributed by atoms with van der Waals surface area (Å²) in [6.07, 6.45) is 8.37. The minimum absolute atomic E-state index is 0.450.